The lowest BCUT2D eigenvalue weighted by Gasteiger charge is -2.21. The molecule has 1 aromatic heterocycles. The molecule has 0 fully saturated rings. The highest BCUT2D eigenvalue weighted by Crippen LogP contribution is 2.63. The molecule has 0 radical (unpaired) electrons. The van der Waals surface area contributed by atoms with Gasteiger partial charge in [0.25, 0.3) is 5.69 Å². The van der Waals surface area contributed by atoms with Crippen LogP contribution in [0.5, 0.6) is 5.75 Å². The molecule has 0 saturated heterocycles. The summed E-state index contributed by atoms with van der Waals surface area (Å²) in [6.07, 6.45) is 1.60. The van der Waals surface area contributed by atoms with E-state index in [9.17, 15) is 0 Å². The summed E-state index contributed by atoms with van der Waals surface area (Å²) in [5.41, 5.74) is -1.38. The second-order valence-electron chi connectivity index (χ2n) is 7.30. The molecule has 39 heavy (non-hydrogen) atoms. The third kappa shape index (κ3) is 9.31. The minimum absolute atomic E-state index is 0.380. The fraction of sp³-hybridized carbons (Fsp3) is 0.348. The molecule has 0 aliphatic rings. The highest BCUT2D eigenvalue weighted by atomic mass is 35.5. The van der Waals surface area contributed by atoms with Crippen LogP contribution in [0.4, 0.5) is 0 Å². The maximum atomic E-state index is 6.36. The number of nitrogens with zero attached hydrogens (tertiary/aromatic N) is 4. The van der Waals surface area contributed by atoms with Crippen LogP contribution in [0.3, 0.4) is 0 Å². The minimum atomic E-state index is -2.91. The Morgan fingerprint density at radius 2 is 1.51 bits per heavy atom. The van der Waals surface area contributed by atoms with Gasteiger partial charge < -0.3 is 13.6 Å². The number of benzene rings is 2. The van der Waals surface area contributed by atoms with E-state index in [2.05, 4.69) is 15.3 Å². The summed E-state index contributed by atoms with van der Waals surface area (Å²) in [6.45, 7) is 6.04. The van der Waals surface area contributed by atoms with Crippen LogP contribution in [0, 0.1) is 0 Å². The monoisotopic (exact) mass is 668 g/mol. The van der Waals surface area contributed by atoms with Crippen LogP contribution in [0.1, 0.15) is 33.3 Å². The third-order valence-corrected chi connectivity index (χ3v) is 12.4. The molecule has 0 atom stereocenters. The number of hydrogen-bond acceptors (Lipinski definition) is 11. The van der Waals surface area contributed by atoms with E-state index in [-0.39, 0.29) is 0 Å². The molecule has 0 spiro atoms. The molecule has 3 aromatic rings. The average Bonchev–Trinajstić information content (AvgIpc) is 3.26. The van der Waals surface area contributed by atoms with E-state index in [4.69, 9.17) is 69.4 Å². The van der Waals surface area contributed by atoms with E-state index < -0.39 is 12.4 Å². The predicted octanol–water partition coefficient (Wildman–Crippen LogP) is 8.20. The zero-order valence-corrected chi connectivity index (χ0v) is 27.4. The lowest BCUT2D eigenvalue weighted by molar-refractivity contribution is 0.218. The highest BCUT2D eigenvalue weighted by Gasteiger charge is 2.26. The van der Waals surface area contributed by atoms with Gasteiger partial charge in [0.05, 0.1) is 37.7 Å². The Kier molecular flexibility index (Phi) is 12.9. The molecule has 0 unspecified atom stereocenters. The first-order valence-corrected chi connectivity index (χ1v) is 19.3. The number of rotatable bonds is 15. The van der Waals surface area contributed by atoms with Crippen LogP contribution in [0.15, 0.2) is 52.7 Å². The molecule has 3 rings (SSSR count). The molecule has 0 aliphatic heterocycles. The van der Waals surface area contributed by atoms with E-state index in [1.54, 1.807) is 41.2 Å². The maximum Gasteiger partial charge on any atom is 0.380 e. The third-order valence-electron chi connectivity index (χ3n) is 4.56. The smallest absolute Gasteiger partial charge is 0.380 e. The van der Waals surface area contributed by atoms with Crippen molar-refractivity contribution in [3.8, 4) is 17.1 Å². The zero-order chi connectivity index (χ0) is 28.5. The molecular weight excluding hydrogens is 641 g/mol. The summed E-state index contributed by atoms with van der Waals surface area (Å²) < 4.78 is 30.2. The summed E-state index contributed by atoms with van der Waals surface area (Å²) in [5.74, 6) is 0.957. The number of hydrogen-bond donors (Lipinski definition) is 0. The molecule has 0 saturated carbocycles. The summed E-state index contributed by atoms with van der Waals surface area (Å²) in [4.78, 5) is 0. The quantitative estimate of drug-likeness (QED) is 0.117. The van der Waals surface area contributed by atoms with Crippen molar-refractivity contribution in [3.05, 3.63) is 58.1 Å². The molecule has 212 valence electrons. The van der Waals surface area contributed by atoms with E-state index in [1.165, 1.54) is 11.4 Å². The molecule has 1 heterocycles. The second kappa shape index (κ2) is 15.4. The molecule has 0 bridgehead atoms. The van der Waals surface area contributed by atoms with Crippen molar-refractivity contribution in [3.63, 3.8) is 0 Å². The normalized spacial score (nSPS) is 12.4. The van der Waals surface area contributed by atoms with Gasteiger partial charge in [0.2, 0.25) is 5.16 Å². The van der Waals surface area contributed by atoms with Gasteiger partial charge in [-0.1, -0.05) is 29.3 Å². The fourth-order valence-electron chi connectivity index (χ4n) is 3.04. The number of aromatic nitrogens is 3. The molecule has 2 aromatic carbocycles. The fourth-order valence-corrected chi connectivity index (χ4v) is 10.0. The Labute approximate surface area is 252 Å². The Hall–Kier alpha value is -0.880. The van der Waals surface area contributed by atoms with E-state index >= 15 is 0 Å². The first-order valence-electron chi connectivity index (χ1n) is 11.9. The van der Waals surface area contributed by atoms with Crippen molar-refractivity contribution in [2.45, 2.75) is 32.9 Å². The van der Waals surface area contributed by atoms with Crippen molar-refractivity contribution in [1.29, 1.82) is 0 Å². The average molecular weight is 670 g/mol. The molecular formula is C23H28Cl2N4O5P2S3. The lowest BCUT2D eigenvalue weighted by Crippen LogP contribution is -2.02. The summed E-state index contributed by atoms with van der Waals surface area (Å²) >= 11 is 24.8. The van der Waals surface area contributed by atoms with Crippen LogP contribution < -0.4 is 4.52 Å². The Balaban J connectivity index is 2.00. The van der Waals surface area contributed by atoms with Crippen LogP contribution in [0.25, 0.3) is 11.4 Å². The Morgan fingerprint density at radius 3 is 2.08 bits per heavy atom. The van der Waals surface area contributed by atoms with Crippen LogP contribution in [0.2, 0.25) is 10.0 Å². The van der Waals surface area contributed by atoms with Gasteiger partial charge in [0.1, 0.15) is 5.75 Å². The van der Waals surface area contributed by atoms with Gasteiger partial charge in [-0.15, -0.1) is 10.2 Å². The van der Waals surface area contributed by atoms with Crippen LogP contribution >= 0.6 is 47.0 Å². The van der Waals surface area contributed by atoms with Gasteiger partial charge in [-0.05, 0) is 75.9 Å². The summed E-state index contributed by atoms with van der Waals surface area (Å²) in [6, 6.07) is 12.3. The van der Waals surface area contributed by atoms with E-state index in [0.717, 1.165) is 0 Å². The van der Waals surface area contributed by atoms with Crippen molar-refractivity contribution < 1.29 is 22.6 Å². The lowest BCUT2D eigenvalue weighted by atomic mass is 10.2. The SMILES string of the molecule is CCOP(=S)(OCC)Oc1ccc(-c2nnc(SP(=S)(OCC)OCC)n2/N=C/c2ccc(Cl)cc2Cl)cc1. The maximum absolute atomic E-state index is 6.36. The summed E-state index contributed by atoms with van der Waals surface area (Å²) in [7, 11) is 0. The molecule has 0 aliphatic carbocycles. The molecule has 0 amide bonds. The van der Waals surface area contributed by atoms with Gasteiger partial charge in [0, 0.05) is 39.3 Å². The van der Waals surface area contributed by atoms with Gasteiger partial charge >= 0.3 is 6.72 Å². The Bertz CT molecular complexity index is 1360. The largest absolute Gasteiger partial charge is 0.424 e. The van der Waals surface area contributed by atoms with Crippen LogP contribution in [-0.2, 0) is 41.7 Å². The van der Waals surface area contributed by atoms with Crippen molar-refractivity contribution in [2.24, 2.45) is 5.10 Å². The van der Waals surface area contributed by atoms with Crippen molar-refractivity contribution in [2.75, 3.05) is 26.4 Å². The predicted molar refractivity (Wildman–Crippen MR) is 166 cm³/mol. The first-order chi connectivity index (χ1) is 18.7. The first kappa shape index (κ1) is 32.6. The minimum Gasteiger partial charge on any atom is -0.424 e. The van der Waals surface area contributed by atoms with Gasteiger partial charge in [-0.3, -0.25) is 9.05 Å². The molecule has 16 heteroatoms. The van der Waals surface area contributed by atoms with E-state index in [0.29, 0.717) is 64.3 Å². The standard InChI is InChI=1S/C23H28Cl2N4O5P2S3/c1-5-30-35(37,31-6-2)34-20-13-10-17(11-14-20)22-27-28-23(39-36(38,32-7-3)33-8-4)29(22)26-16-18-9-12-19(24)15-21(18)25/h9-16H,5-8H2,1-4H3/b26-16+. The van der Waals surface area contributed by atoms with Gasteiger partial charge in [0.15, 0.2) is 5.82 Å². The van der Waals surface area contributed by atoms with Crippen LogP contribution in [-0.4, -0.2) is 47.5 Å². The summed E-state index contributed by atoms with van der Waals surface area (Å²) in [5, 5.41) is 14.7. The van der Waals surface area contributed by atoms with Crippen molar-refractivity contribution >= 4 is 76.8 Å². The highest BCUT2D eigenvalue weighted by molar-refractivity contribution is 8.67. The van der Waals surface area contributed by atoms with E-state index in [1.807, 2.05) is 39.8 Å². The topological polar surface area (TPSA) is 89.2 Å². The molecule has 0 N–H and O–H groups in total. The van der Waals surface area contributed by atoms with Gasteiger partial charge in [-0.2, -0.15) is 9.78 Å². The zero-order valence-electron chi connectivity index (χ0n) is 21.7. The molecule has 9 nitrogen and oxygen atoms in total. The Morgan fingerprint density at radius 1 is 0.897 bits per heavy atom. The number of halogens is 2. The van der Waals surface area contributed by atoms with Gasteiger partial charge in [-0.25, -0.2) is 0 Å². The van der Waals surface area contributed by atoms with Crippen molar-refractivity contribution in [1.82, 2.24) is 14.9 Å². The second-order valence-corrected chi connectivity index (χ2v) is 17.2.